The molecule has 0 aliphatic carbocycles. The maximum absolute atomic E-state index is 13.8. The summed E-state index contributed by atoms with van der Waals surface area (Å²) in [6.07, 6.45) is 1.64. The van der Waals surface area contributed by atoms with E-state index in [2.05, 4.69) is 99.8 Å². The SMILES string of the molecule is CC(O)c1cccc2c1C[C@H](CO[Si](C)(C)C(C)(C)C)N(C(=O)Cc1c(Cl)cccc1Cl)[C@H]2C.C[C@H]1c2cccc(CCO)c2C[C@H](CO[Si](C)(C)C(C)(C)C)N1C(=O)Cc1c(Cl)cccc1Cl. The Bertz CT molecular complexity index is 2380. The first-order valence-corrected chi connectivity index (χ1v) is 31.2. The molecule has 2 heterocycles. The highest BCUT2D eigenvalue weighted by Gasteiger charge is 2.43. The van der Waals surface area contributed by atoms with Crippen molar-refractivity contribution in [3.05, 3.63) is 137 Å². The highest BCUT2D eigenvalue weighted by Crippen LogP contribution is 2.42. The highest BCUT2D eigenvalue weighted by molar-refractivity contribution is 6.74. The van der Waals surface area contributed by atoms with Crippen LogP contribution in [0.25, 0.3) is 0 Å². The molecule has 0 saturated heterocycles. The van der Waals surface area contributed by atoms with E-state index in [1.54, 1.807) is 43.3 Å². The van der Waals surface area contributed by atoms with E-state index in [-0.39, 0.29) is 65.5 Å². The molecule has 2 N–H and O–H groups in total. The fraction of sp³-hybridized carbons (Fsp3) is 0.519. The molecule has 4 aromatic rings. The number of hydrogen-bond donors (Lipinski definition) is 2. The number of hydrogen-bond acceptors (Lipinski definition) is 6. The van der Waals surface area contributed by atoms with Gasteiger partial charge in [0.15, 0.2) is 16.6 Å². The Kier molecular flexibility index (Phi) is 18.8. The van der Waals surface area contributed by atoms with Gasteiger partial charge in [-0.25, -0.2) is 0 Å². The van der Waals surface area contributed by atoms with E-state index in [1.807, 2.05) is 28.0 Å². The predicted octanol–water partition coefficient (Wildman–Crippen LogP) is 13.7. The van der Waals surface area contributed by atoms with Crippen LogP contribution in [-0.4, -0.2) is 80.4 Å². The summed E-state index contributed by atoms with van der Waals surface area (Å²) in [5.74, 6) is -0.0380. The standard InChI is InChI=1S/2C27H37Cl2NO3Si/c1-17-20-10-8-11-21(18(2)31)22(20)14-19(16-33-34(6,7)27(3,4)5)30(17)26(32)15-23-24(28)12-9-13-25(23)29;1-18-21-10-7-9-19(13-14-31)22(21)15-20(17-33-34(5,6)27(2,3)4)30(18)26(32)16-23-24(28)11-8-12-25(23)29/h8-13,17-19,31H,14-16H2,1-7H3;7-12,18,20,31H,13-17H2,1-6H3/t17-,18?,19+;18-,20+/m00/s1. The van der Waals surface area contributed by atoms with Crippen molar-refractivity contribution in [3.63, 3.8) is 0 Å². The third-order valence-corrected chi connectivity index (χ3v) is 25.4. The minimum atomic E-state index is -2.02. The Labute approximate surface area is 428 Å². The lowest BCUT2D eigenvalue weighted by Crippen LogP contribution is -2.52. The monoisotopic (exact) mass is 1040 g/mol. The number of aliphatic hydroxyl groups excluding tert-OH is 2. The molecule has 0 fully saturated rings. The number of fused-ring (bicyclic) bond motifs is 2. The van der Waals surface area contributed by atoms with Gasteiger partial charge in [0.05, 0.1) is 56.3 Å². The zero-order valence-corrected chi connectivity index (χ0v) is 47.4. The molecule has 2 aliphatic rings. The minimum Gasteiger partial charge on any atom is -0.415 e. The third kappa shape index (κ3) is 12.8. The van der Waals surface area contributed by atoms with Gasteiger partial charge in [-0.3, -0.25) is 9.59 Å². The fourth-order valence-corrected chi connectivity index (χ4v) is 12.1. The smallest absolute Gasteiger partial charge is 0.227 e. The number of carbonyl (C=O) groups is 2. The van der Waals surface area contributed by atoms with E-state index in [4.69, 9.17) is 55.3 Å². The molecule has 68 heavy (non-hydrogen) atoms. The number of amides is 2. The number of rotatable bonds is 13. The van der Waals surface area contributed by atoms with Crippen LogP contribution in [0.3, 0.4) is 0 Å². The Balaban J connectivity index is 0.000000254. The Morgan fingerprint density at radius 3 is 1.40 bits per heavy atom. The molecule has 0 aromatic heterocycles. The van der Waals surface area contributed by atoms with Crippen LogP contribution in [0.1, 0.15) is 125 Å². The van der Waals surface area contributed by atoms with Crippen LogP contribution in [0.2, 0.25) is 56.4 Å². The molecule has 0 spiro atoms. The van der Waals surface area contributed by atoms with Gasteiger partial charge in [0, 0.05) is 26.7 Å². The number of benzene rings is 4. The topological polar surface area (TPSA) is 99.5 Å². The second-order valence-electron chi connectivity index (χ2n) is 21.6. The lowest BCUT2D eigenvalue weighted by atomic mass is 9.84. The second kappa shape index (κ2) is 22.8. The van der Waals surface area contributed by atoms with Crippen LogP contribution in [0.15, 0.2) is 72.8 Å². The number of carbonyl (C=O) groups excluding carboxylic acids is 2. The Hall–Kier alpha value is -2.75. The summed E-state index contributed by atoms with van der Waals surface area (Å²) in [7, 11) is -4.03. The van der Waals surface area contributed by atoms with Crippen molar-refractivity contribution < 1.29 is 28.7 Å². The molecule has 5 atom stereocenters. The van der Waals surface area contributed by atoms with Gasteiger partial charge in [0.1, 0.15) is 0 Å². The molecule has 2 amide bonds. The van der Waals surface area contributed by atoms with Crippen LogP contribution >= 0.6 is 46.4 Å². The van der Waals surface area contributed by atoms with Crippen LogP contribution in [-0.2, 0) is 50.5 Å². The third-order valence-electron chi connectivity index (χ3n) is 15.0. The average Bonchev–Trinajstić information content (AvgIpc) is 3.24. The van der Waals surface area contributed by atoms with Crippen molar-refractivity contribution in [1.29, 1.82) is 0 Å². The summed E-state index contributed by atoms with van der Waals surface area (Å²) in [4.78, 5) is 31.4. The number of nitrogens with zero attached hydrogens (tertiary/aromatic N) is 2. The van der Waals surface area contributed by atoms with Crippen molar-refractivity contribution in [2.24, 2.45) is 0 Å². The van der Waals surface area contributed by atoms with Gasteiger partial charge in [0.2, 0.25) is 11.8 Å². The summed E-state index contributed by atoms with van der Waals surface area (Å²) >= 11 is 25.6. The number of aliphatic hydroxyl groups is 2. The van der Waals surface area contributed by atoms with Gasteiger partial charge in [-0.05, 0) is 145 Å². The molecule has 372 valence electrons. The van der Waals surface area contributed by atoms with Crippen LogP contribution in [0.4, 0.5) is 0 Å². The van der Waals surface area contributed by atoms with E-state index in [0.29, 0.717) is 63.7 Å². The quantitative estimate of drug-likeness (QED) is 0.129. The average molecular weight is 1050 g/mol. The largest absolute Gasteiger partial charge is 0.415 e. The molecule has 8 nitrogen and oxygen atoms in total. The Morgan fingerprint density at radius 2 is 1.01 bits per heavy atom. The lowest BCUT2D eigenvalue weighted by molar-refractivity contribution is -0.137. The predicted molar refractivity (Wildman–Crippen MR) is 286 cm³/mol. The lowest BCUT2D eigenvalue weighted by Gasteiger charge is -2.45. The molecular weight excluding hydrogens is 971 g/mol. The summed E-state index contributed by atoms with van der Waals surface area (Å²) in [5, 5.41) is 22.2. The molecule has 1 unspecified atom stereocenters. The fourth-order valence-electron chi connectivity index (χ4n) is 8.94. The zero-order valence-electron chi connectivity index (χ0n) is 42.4. The molecule has 4 aromatic carbocycles. The molecule has 0 radical (unpaired) electrons. The van der Waals surface area contributed by atoms with Crippen LogP contribution in [0.5, 0.6) is 0 Å². The summed E-state index contributed by atoms with van der Waals surface area (Å²) in [6, 6.07) is 22.3. The van der Waals surface area contributed by atoms with Gasteiger partial charge < -0.3 is 28.9 Å². The highest BCUT2D eigenvalue weighted by atomic mass is 35.5. The normalized spacial score (nSPS) is 19.2. The molecular formula is C54H74Cl4N2O6Si2. The van der Waals surface area contributed by atoms with Crippen molar-refractivity contribution in [1.82, 2.24) is 9.80 Å². The van der Waals surface area contributed by atoms with Gasteiger partial charge in [-0.2, -0.15) is 0 Å². The van der Waals surface area contributed by atoms with Gasteiger partial charge >= 0.3 is 0 Å². The summed E-state index contributed by atoms with van der Waals surface area (Å²) in [6.45, 7) is 29.2. The molecule has 14 heteroatoms. The zero-order chi connectivity index (χ0) is 50.7. The first kappa shape index (κ1) is 56.2. The van der Waals surface area contributed by atoms with Crippen molar-refractivity contribution in [2.45, 2.75) is 161 Å². The number of halogens is 4. The van der Waals surface area contributed by atoms with Crippen molar-refractivity contribution >= 4 is 74.9 Å². The van der Waals surface area contributed by atoms with Crippen LogP contribution in [0, 0.1) is 0 Å². The van der Waals surface area contributed by atoms with E-state index < -0.39 is 22.7 Å². The first-order valence-electron chi connectivity index (χ1n) is 23.9. The van der Waals surface area contributed by atoms with E-state index in [9.17, 15) is 19.8 Å². The van der Waals surface area contributed by atoms with Gasteiger partial charge in [-0.15, -0.1) is 0 Å². The van der Waals surface area contributed by atoms with Gasteiger partial charge in [0.25, 0.3) is 0 Å². The Morgan fingerprint density at radius 1 is 0.647 bits per heavy atom. The van der Waals surface area contributed by atoms with Crippen LogP contribution < -0.4 is 0 Å². The summed E-state index contributed by atoms with van der Waals surface area (Å²) in [5.41, 5.74) is 7.92. The molecule has 2 aliphatic heterocycles. The van der Waals surface area contributed by atoms with E-state index >= 15 is 0 Å². The molecule has 0 saturated carbocycles. The maximum Gasteiger partial charge on any atom is 0.227 e. The first-order chi connectivity index (χ1) is 31.6. The molecule has 0 bridgehead atoms. The van der Waals surface area contributed by atoms with Crippen molar-refractivity contribution in [2.75, 3.05) is 19.8 Å². The summed E-state index contributed by atoms with van der Waals surface area (Å²) < 4.78 is 13.2. The van der Waals surface area contributed by atoms with Gasteiger partial charge in [-0.1, -0.05) is 136 Å². The maximum atomic E-state index is 13.8. The minimum absolute atomic E-state index is 0.00968. The van der Waals surface area contributed by atoms with Crippen molar-refractivity contribution in [3.8, 4) is 0 Å². The molecule has 6 rings (SSSR count). The van der Waals surface area contributed by atoms with E-state index in [1.165, 1.54) is 5.56 Å². The second-order valence-corrected chi connectivity index (χ2v) is 32.9. The van der Waals surface area contributed by atoms with E-state index in [0.717, 1.165) is 27.8 Å².